The minimum atomic E-state index is -0.110. The average molecular weight is 373 g/mol. The van der Waals surface area contributed by atoms with Gasteiger partial charge in [-0.1, -0.05) is 44.2 Å². The molecule has 5 nitrogen and oxygen atoms in total. The summed E-state index contributed by atoms with van der Waals surface area (Å²) in [6.07, 6.45) is 0.768. The molecule has 0 fully saturated rings. The molecule has 0 radical (unpaired) electrons. The first-order chi connectivity index (χ1) is 13.6. The maximum atomic E-state index is 12.7. The number of fused-ring (bicyclic) bond motifs is 1. The second-order valence-electron chi connectivity index (χ2n) is 7.37. The zero-order chi connectivity index (χ0) is 19.5. The predicted octanol–water partition coefficient (Wildman–Crippen LogP) is 4.00. The molecule has 1 unspecified atom stereocenters. The van der Waals surface area contributed by atoms with E-state index in [1.54, 1.807) is 0 Å². The van der Waals surface area contributed by atoms with E-state index in [-0.39, 0.29) is 11.9 Å². The lowest BCUT2D eigenvalue weighted by Gasteiger charge is -2.26. The molecule has 1 amide bonds. The van der Waals surface area contributed by atoms with Gasteiger partial charge < -0.3 is 10.1 Å². The zero-order valence-electron chi connectivity index (χ0n) is 16.1. The lowest BCUT2D eigenvalue weighted by atomic mass is 10.0. The Bertz CT molecular complexity index is 983. The van der Waals surface area contributed by atoms with Crippen molar-refractivity contribution in [2.45, 2.75) is 32.2 Å². The van der Waals surface area contributed by atoms with Gasteiger partial charge in [0.2, 0.25) is 0 Å². The summed E-state index contributed by atoms with van der Waals surface area (Å²) in [6, 6.07) is 19.3. The summed E-state index contributed by atoms with van der Waals surface area (Å²) in [5.41, 5.74) is 4.31. The third kappa shape index (κ3) is 3.88. The molecule has 0 saturated carbocycles. The van der Waals surface area contributed by atoms with Crippen molar-refractivity contribution in [3.63, 3.8) is 0 Å². The van der Waals surface area contributed by atoms with E-state index in [4.69, 9.17) is 4.74 Å². The Morgan fingerprint density at radius 2 is 1.93 bits per heavy atom. The fourth-order valence-corrected chi connectivity index (χ4v) is 3.31. The van der Waals surface area contributed by atoms with Crippen LogP contribution in [0.5, 0.6) is 5.75 Å². The number of nitrogens with one attached hydrogen (secondary N) is 1. The molecule has 1 aliphatic rings. The lowest BCUT2D eigenvalue weighted by Crippen LogP contribution is -2.42. The van der Waals surface area contributed by atoms with Crippen molar-refractivity contribution in [1.29, 1.82) is 0 Å². The number of nitrogens with zero attached hydrogens (tertiary/aromatic N) is 2. The quantitative estimate of drug-likeness (QED) is 0.751. The molecule has 1 atom stereocenters. The van der Waals surface area contributed by atoms with Crippen molar-refractivity contribution < 1.29 is 9.53 Å². The minimum absolute atomic E-state index is 0.0452. The Labute approximate surface area is 164 Å². The Morgan fingerprint density at radius 3 is 2.71 bits per heavy atom. The Balaban J connectivity index is 1.47. The highest BCUT2D eigenvalue weighted by atomic mass is 16.5. The maximum absolute atomic E-state index is 12.7. The number of aromatic nitrogens is 2. The second-order valence-corrected chi connectivity index (χ2v) is 7.37. The molecule has 2 heterocycles. The van der Waals surface area contributed by atoms with E-state index in [1.165, 1.54) is 0 Å². The number of amides is 1. The monoisotopic (exact) mass is 373 g/mol. The minimum Gasteiger partial charge on any atom is -0.491 e. The third-order valence-corrected chi connectivity index (χ3v) is 4.91. The molecule has 4 rings (SSSR count). The van der Waals surface area contributed by atoms with Crippen LogP contribution in [0, 0.1) is 0 Å². The topological polar surface area (TPSA) is 64.1 Å². The summed E-state index contributed by atoms with van der Waals surface area (Å²) in [5, 5.41) is 11.7. The predicted molar refractivity (Wildman–Crippen MR) is 108 cm³/mol. The van der Waals surface area contributed by atoms with Crippen LogP contribution >= 0.6 is 0 Å². The third-order valence-electron chi connectivity index (χ3n) is 4.91. The maximum Gasteiger partial charge on any atom is 0.251 e. The van der Waals surface area contributed by atoms with E-state index in [0.717, 1.165) is 34.7 Å². The Hall–Kier alpha value is -3.21. The van der Waals surface area contributed by atoms with Gasteiger partial charge in [-0.2, -0.15) is 10.2 Å². The number of rotatable bonds is 4. The number of hydrogen-bond acceptors (Lipinski definition) is 4. The van der Waals surface area contributed by atoms with Gasteiger partial charge in [-0.25, -0.2) is 0 Å². The highest BCUT2D eigenvalue weighted by molar-refractivity contribution is 5.95. The van der Waals surface area contributed by atoms with Crippen LogP contribution in [-0.2, 0) is 6.42 Å². The molecule has 28 heavy (non-hydrogen) atoms. The summed E-state index contributed by atoms with van der Waals surface area (Å²) < 4.78 is 5.76. The van der Waals surface area contributed by atoms with Gasteiger partial charge in [0.05, 0.1) is 17.4 Å². The van der Waals surface area contributed by atoms with E-state index in [1.807, 2.05) is 60.7 Å². The van der Waals surface area contributed by atoms with Gasteiger partial charge in [0.25, 0.3) is 5.91 Å². The summed E-state index contributed by atoms with van der Waals surface area (Å²) in [5.74, 6) is 1.13. The zero-order valence-corrected chi connectivity index (χ0v) is 16.1. The van der Waals surface area contributed by atoms with Crippen molar-refractivity contribution in [3.05, 3.63) is 77.5 Å². The smallest absolute Gasteiger partial charge is 0.251 e. The van der Waals surface area contributed by atoms with E-state index < -0.39 is 0 Å². The van der Waals surface area contributed by atoms with Crippen molar-refractivity contribution in [1.82, 2.24) is 15.5 Å². The van der Waals surface area contributed by atoms with Gasteiger partial charge in [0.15, 0.2) is 0 Å². The van der Waals surface area contributed by atoms with Crippen molar-refractivity contribution in [2.24, 2.45) is 0 Å². The van der Waals surface area contributed by atoms with Gasteiger partial charge in [-0.3, -0.25) is 4.79 Å². The van der Waals surface area contributed by atoms with Crippen LogP contribution < -0.4 is 10.1 Å². The largest absolute Gasteiger partial charge is 0.491 e. The van der Waals surface area contributed by atoms with Crippen molar-refractivity contribution in [3.8, 4) is 17.0 Å². The summed E-state index contributed by atoms with van der Waals surface area (Å²) in [7, 11) is 0. The molecule has 0 saturated heterocycles. The Kier molecular flexibility index (Phi) is 5.06. The van der Waals surface area contributed by atoms with E-state index in [2.05, 4.69) is 29.4 Å². The average Bonchev–Trinajstić information content (AvgIpc) is 2.74. The molecule has 3 aromatic rings. The van der Waals surface area contributed by atoms with Gasteiger partial charge in [0.1, 0.15) is 12.4 Å². The van der Waals surface area contributed by atoms with E-state index in [0.29, 0.717) is 18.1 Å². The molecule has 0 bridgehead atoms. The number of carbonyl (C=O) groups excluding carboxylic acids is 1. The molecule has 1 N–H and O–H groups in total. The molecule has 1 aliphatic heterocycles. The van der Waals surface area contributed by atoms with Crippen LogP contribution in [0.2, 0.25) is 0 Å². The summed E-state index contributed by atoms with van der Waals surface area (Å²) >= 11 is 0. The van der Waals surface area contributed by atoms with Crippen molar-refractivity contribution in [2.75, 3.05) is 6.61 Å². The fraction of sp³-hybridized carbons (Fsp3) is 0.261. The molecule has 5 heteroatoms. The van der Waals surface area contributed by atoms with Crippen LogP contribution in [0.3, 0.4) is 0 Å². The van der Waals surface area contributed by atoms with Gasteiger partial charge >= 0.3 is 0 Å². The molecule has 0 aliphatic carbocycles. The highest BCUT2D eigenvalue weighted by Crippen LogP contribution is 2.24. The summed E-state index contributed by atoms with van der Waals surface area (Å²) in [6.45, 7) is 4.65. The van der Waals surface area contributed by atoms with Crippen LogP contribution in [0.15, 0.2) is 60.7 Å². The highest BCUT2D eigenvalue weighted by Gasteiger charge is 2.21. The number of hydrogen-bond donors (Lipinski definition) is 1. The van der Waals surface area contributed by atoms with Gasteiger partial charge in [0, 0.05) is 11.1 Å². The molecular weight excluding hydrogens is 350 g/mol. The van der Waals surface area contributed by atoms with Crippen molar-refractivity contribution >= 4 is 5.91 Å². The number of ether oxygens (including phenoxy) is 1. The molecule has 1 aromatic heterocycles. The van der Waals surface area contributed by atoms with E-state index >= 15 is 0 Å². The fourth-order valence-electron chi connectivity index (χ4n) is 3.31. The standard InChI is InChI=1S/C23H23N3O2/c1-15(2)20-10-11-21(26-25-20)16-7-5-8-18(12-16)23(27)24-19-13-17-6-3-4-9-22(17)28-14-19/h3-12,15,19H,13-14H2,1-2H3,(H,24,27). The number of carbonyl (C=O) groups is 1. The summed E-state index contributed by atoms with van der Waals surface area (Å²) in [4.78, 5) is 12.7. The van der Waals surface area contributed by atoms with Gasteiger partial charge in [-0.15, -0.1) is 0 Å². The first kappa shape index (κ1) is 18.2. The normalized spacial score (nSPS) is 15.6. The number of benzene rings is 2. The van der Waals surface area contributed by atoms with Crippen LogP contribution in [-0.4, -0.2) is 28.8 Å². The van der Waals surface area contributed by atoms with E-state index in [9.17, 15) is 4.79 Å². The molecule has 0 spiro atoms. The lowest BCUT2D eigenvalue weighted by molar-refractivity contribution is 0.0915. The Morgan fingerprint density at radius 1 is 1.07 bits per heavy atom. The van der Waals surface area contributed by atoms with Crippen LogP contribution in [0.1, 0.15) is 41.4 Å². The molecule has 142 valence electrons. The van der Waals surface area contributed by atoms with Crippen LogP contribution in [0.4, 0.5) is 0 Å². The second kappa shape index (κ2) is 7.80. The molecule has 2 aromatic carbocycles. The number of para-hydroxylation sites is 1. The first-order valence-corrected chi connectivity index (χ1v) is 9.56. The molecular formula is C23H23N3O2. The first-order valence-electron chi connectivity index (χ1n) is 9.56. The van der Waals surface area contributed by atoms with Crippen LogP contribution in [0.25, 0.3) is 11.3 Å². The SMILES string of the molecule is CC(C)c1ccc(-c2cccc(C(=O)NC3COc4ccccc4C3)c2)nn1. The van der Waals surface area contributed by atoms with Gasteiger partial charge in [-0.05, 0) is 48.2 Å².